The minimum Gasteiger partial charge on any atom is -0.392 e. The molecule has 0 spiro atoms. The van der Waals surface area contributed by atoms with Gasteiger partial charge in [0, 0.05) is 38.3 Å². The van der Waals surface area contributed by atoms with Gasteiger partial charge in [0.1, 0.15) is 0 Å². The Kier molecular flexibility index (Phi) is 7.71. The van der Waals surface area contributed by atoms with Crippen molar-refractivity contribution < 1.29 is 19.4 Å². The third-order valence-corrected chi connectivity index (χ3v) is 6.53. The van der Waals surface area contributed by atoms with Gasteiger partial charge in [-0.15, -0.1) is 5.10 Å². The first-order valence-corrected chi connectivity index (χ1v) is 11.7. The zero-order chi connectivity index (χ0) is 23.2. The number of carbonyl (C=O) groups is 1. The van der Waals surface area contributed by atoms with Crippen molar-refractivity contribution in [2.75, 3.05) is 5.75 Å². The van der Waals surface area contributed by atoms with E-state index in [4.69, 9.17) is 9.47 Å². The summed E-state index contributed by atoms with van der Waals surface area (Å²) in [7, 11) is 1.81. The van der Waals surface area contributed by atoms with Gasteiger partial charge in [0.15, 0.2) is 6.29 Å². The van der Waals surface area contributed by atoms with Crippen molar-refractivity contribution in [3.05, 3.63) is 70.8 Å². The summed E-state index contributed by atoms with van der Waals surface area (Å²) in [6.07, 6.45) is -0.0708. The SMILES string of the molecule is CC(=O)NCc1ccc(C2OC(CSc3nnnn3C)CC(c3ccc(CO)cc3)O2)cc1. The number of ether oxygens (including phenoxy) is 2. The van der Waals surface area contributed by atoms with E-state index in [9.17, 15) is 9.90 Å². The van der Waals surface area contributed by atoms with Gasteiger partial charge in [-0.2, -0.15) is 0 Å². The average Bonchev–Trinajstić information content (AvgIpc) is 3.26. The van der Waals surface area contributed by atoms with Crippen molar-refractivity contribution in [2.24, 2.45) is 7.05 Å². The fraction of sp³-hybridized carbons (Fsp3) is 0.391. The van der Waals surface area contributed by atoms with Gasteiger partial charge in [-0.1, -0.05) is 60.3 Å². The predicted octanol–water partition coefficient (Wildman–Crippen LogP) is 2.68. The second-order valence-corrected chi connectivity index (χ2v) is 8.88. The van der Waals surface area contributed by atoms with Crippen LogP contribution in [0.1, 0.15) is 48.0 Å². The number of nitrogens with zero attached hydrogens (tertiary/aromatic N) is 4. The molecule has 3 unspecified atom stereocenters. The van der Waals surface area contributed by atoms with Gasteiger partial charge >= 0.3 is 0 Å². The lowest BCUT2D eigenvalue weighted by atomic mass is 10.0. The van der Waals surface area contributed by atoms with Crippen molar-refractivity contribution >= 4 is 17.7 Å². The quantitative estimate of drug-likeness (QED) is 0.485. The first kappa shape index (κ1) is 23.4. The number of rotatable bonds is 8. The summed E-state index contributed by atoms with van der Waals surface area (Å²) >= 11 is 1.55. The smallest absolute Gasteiger partial charge is 0.217 e. The number of aliphatic hydroxyl groups is 1. The first-order valence-electron chi connectivity index (χ1n) is 10.7. The minimum atomic E-state index is -0.528. The Morgan fingerprint density at radius 3 is 2.45 bits per heavy atom. The molecule has 3 aromatic rings. The Morgan fingerprint density at radius 1 is 1.12 bits per heavy atom. The van der Waals surface area contributed by atoms with Crippen LogP contribution < -0.4 is 5.32 Å². The van der Waals surface area contributed by atoms with E-state index >= 15 is 0 Å². The van der Waals surface area contributed by atoms with Crippen LogP contribution in [0.3, 0.4) is 0 Å². The summed E-state index contributed by atoms with van der Waals surface area (Å²) in [6.45, 7) is 1.99. The van der Waals surface area contributed by atoms with Gasteiger partial charge in [-0.25, -0.2) is 4.68 Å². The van der Waals surface area contributed by atoms with E-state index in [0.29, 0.717) is 18.7 Å². The maximum atomic E-state index is 11.2. The summed E-state index contributed by atoms with van der Waals surface area (Å²) < 4.78 is 14.3. The Bertz CT molecular complexity index is 1060. The van der Waals surface area contributed by atoms with Crippen molar-refractivity contribution in [1.29, 1.82) is 0 Å². The standard InChI is InChI=1S/C23H27N5O4S/c1-15(30)24-12-16-3-9-19(10-4-16)22-31-20(14-33-23-25-26-27-28(23)2)11-21(32-22)18-7-5-17(13-29)6-8-18/h3-10,20-22,29H,11-14H2,1-2H3,(H,24,30). The maximum absolute atomic E-state index is 11.2. The number of aliphatic hydroxyl groups excluding tert-OH is 1. The molecule has 0 radical (unpaired) electrons. The summed E-state index contributed by atoms with van der Waals surface area (Å²) in [5.74, 6) is 0.617. The van der Waals surface area contributed by atoms with Gasteiger partial charge in [-0.3, -0.25) is 4.79 Å². The van der Waals surface area contributed by atoms with Gasteiger partial charge in [0.05, 0.1) is 18.8 Å². The molecule has 1 amide bonds. The van der Waals surface area contributed by atoms with E-state index in [1.54, 1.807) is 16.4 Å². The lowest BCUT2D eigenvalue weighted by Gasteiger charge is -2.36. The van der Waals surface area contributed by atoms with Crippen molar-refractivity contribution in [3.63, 3.8) is 0 Å². The minimum absolute atomic E-state index is 0.00732. The highest BCUT2D eigenvalue weighted by atomic mass is 32.2. The van der Waals surface area contributed by atoms with E-state index in [1.807, 2.05) is 55.6 Å². The predicted molar refractivity (Wildman–Crippen MR) is 122 cm³/mol. The van der Waals surface area contributed by atoms with Gasteiger partial charge in [-0.05, 0) is 27.1 Å². The molecule has 3 atom stereocenters. The van der Waals surface area contributed by atoms with E-state index in [1.165, 1.54) is 6.92 Å². The molecule has 2 N–H and O–H groups in total. The molecule has 0 aliphatic carbocycles. The largest absolute Gasteiger partial charge is 0.392 e. The lowest BCUT2D eigenvalue weighted by Crippen LogP contribution is -2.31. The molecule has 1 aliphatic rings. The molecule has 1 aliphatic heterocycles. The highest BCUT2D eigenvalue weighted by molar-refractivity contribution is 7.99. The number of hydrogen-bond donors (Lipinski definition) is 2. The third kappa shape index (κ3) is 6.17. The Morgan fingerprint density at radius 2 is 1.82 bits per heavy atom. The number of amides is 1. The molecule has 174 valence electrons. The van der Waals surface area contributed by atoms with Crippen LogP contribution in [0.15, 0.2) is 53.7 Å². The van der Waals surface area contributed by atoms with Crippen LogP contribution in [-0.4, -0.2) is 43.1 Å². The van der Waals surface area contributed by atoms with Crippen molar-refractivity contribution in [2.45, 2.75) is 50.2 Å². The molecule has 1 saturated heterocycles. The highest BCUT2D eigenvalue weighted by Crippen LogP contribution is 2.39. The van der Waals surface area contributed by atoms with Gasteiger partial charge < -0.3 is 19.9 Å². The number of carbonyl (C=O) groups excluding carboxylic acids is 1. The molecule has 33 heavy (non-hydrogen) atoms. The fourth-order valence-corrected chi connectivity index (χ4v) is 4.42. The fourth-order valence-electron chi connectivity index (χ4n) is 3.55. The topological polar surface area (TPSA) is 111 Å². The normalized spacial score (nSPS) is 20.5. The zero-order valence-corrected chi connectivity index (χ0v) is 19.4. The monoisotopic (exact) mass is 469 g/mol. The van der Waals surface area contributed by atoms with Crippen LogP contribution in [-0.2, 0) is 34.5 Å². The summed E-state index contributed by atoms with van der Waals surface area (Å²) in [4.78, 5) is 11.2. The molecular weight excluding hydrogens is 442 g/mol. The summed E-state index contributed by atoms with van der Waals surface area (Å²) in [5, 5.41) is 24.5. The third-order valence-electron chi connectivity index (χ3n) is 5.39. The van der Waals surface area contributed by atoms with E-state index < -0.39 is 6.29 Å². The van der Waals surface area contributed by atoms with Crippen LogP contribution in [0, 0.1) is 0 Å². The molecule has 9 nitrogen and oxygen atoms in total. The van der Waals surface area contributed by atoms with E-state index in [0.717, 1.165) is 27.4 Å². The van der Waals surface area contributed by atoms with Gasteiger partial charge in [0.25, 0.3) is 0 Å². The summed E-state index contributed by atoms with van der Waals surface area (Å²) in [5.41, 5.74) is 3.81. The number of tetrazole rings is 1. The van der Waals surface area contributed by atoms with Crippen LogP contribution in [0.5, 0.6) is 0 Å². The molecule has 10 heteroatoms. The Hall–Kier alpha value is -2.79. The van der Waals surface area contributed by atoms with Crippen molar-refractivity contribution in [1.82, 2.24) is 25.5 Å². The second kappa shape index (κ2) is 10.9. The number of aromatic nitrogens is 4. The molecule has 0 bridgehead atoms. The second-order valence-electron chi connectivity index (χ2n) is 7.90. The number of benzene rings is 2. The molecule has 1 aromatic heterocycles. The van der Waals surface area contributed by atoms with Crippen LogP contribution in [0.2, 0.25) is 0 Å². The number of aryl methyl sites for hydroxylation is 1. The Labute approximate surface area is 196 Å². The van der Waals surface area contributed by atoms with Crippen LogP contribution >= 0.6 is 11.8 Å². The van der Waals surface area contributed by atoms with E-state index in [2.05, 4.69) is 20.8 Å². The number of hydrogen-bond acceptors (Lipinski definition) is 8. The molecule has 4 rings (SSSR count). The molecule has 0 saturated carbocycles. The Balaban J connectivity index is 1.50. The average molecular weight is 470 g/mol. The molecular formula is C23H27N5O4S. The van der Waals surface area contributed by atoms with Crippen LogP contribution in [0.25, 0.3) is 0 Å². The van der Waals surface area contributed by atoms with Gasteiger partial charge in [0.2, 0.25) is 11.1 Å². The maximum Gasteiger partial charge on any atom is 0.217 e. The number of thioether (sulfide) groups is 1. The lowest BCUT2D eigenvalue weighted by molar-refractivity contribution is -0.245. The molecule has 1 fully saturated rings. The number of nitrogens with one attached hydrogen (secondary N) is 1. The molecule has 2 aromatic carbocycles. The first-order chi connectivity index (χ1) is 16.0. The molecule has 2 heterocycles. The zero-order valence-electron chi connectivity index (χ0n) is 18.5. The van der Waals surface area contributed by atoms with Crippen LogP contribution in [0.4, 0.5) is 0 Å². The highest BCUT2D eigenvalue weighted by Gasteiger charge is 2.32. The van der Waals surface area contributed by atoms with E-state index in [-0.39, 0.29) is 24.7 Å². The summed E-state index contributed by atoms with van der Waals surface area (Å²) in [6, 6.07) is 15.7. The van der Waals surface area contributed by atoms with Crippen molar-refractivity contribution in [3.8, 4) is 0 Å².